The van der Waals surface area contributed by atoms with Gasteiger partial charge in [0.25, 0.3) is 0 Å². The molecule has 0 aliphatic carbocycles. The molecule has 0 spiro atoms. The van der Waals surface area contributed by atoms with Gasteiger partial charge in [0.15, 0.2) is 18.9 Å². The molecule has 3 rings (SSSR count). The number of hydrogen-bond acceptors (Lipinski definition) is 18. The van der Waals surface area contributed by atoms with Gasteiger partial charge in [-0.1, -0.05) is 133 Å². The minimum Gasteiger partial charge on any atom is -0.394 e. The average molecular weight is 1060 g/mol. The SMILES string of the molecule is CCCCC/C=C\CCCCCCCC(=O)NC(COC1OC(CO)C(OC2OC(CO)C(OC3OC(CO)C(O)C(O)C3O)C(O)C2O)C(O)C1O)C(O)/C=C/CC/C=C/CC/C=C/CCCCCCCCC. The molecule has 3 fully saturated rings. The number of unbranched alkanes of at least 4 members (excludes halogenated alkanes) is 17. The van der Waals surface area contributed by atoms with E-state index in [0.29, 0.717) is 12.8 Å². The highest BCUT2D eigenvalue weighted by Gasteiger charge is 2.53. The second-order valence-corrected chi connectivity index (χ2v) is 20.0. The first-order valence-electron chi connectivity index (χ1n) is 27.9. The number of amides is 1. The second-order valence-electron chi connectivity index (χ2n) is 20.0. The third-order valence-corrected chi connectivity index (χ3v) is 13.8. The van der Waals surface area contributed by atoms with Crippen LogP contribution in [0.2, 0.25) is 0 Å². The molecule has 0 aromatic carbocycles. The van der Waals surface area contributed by atoms with Gasteiger partial charge in [-0.25, -0.2) is 0 Å². The second kappa shape index (κ2) is 39.2. The van der Waals surface area contributed by atoms with Gasteiger partial charge in [-0.15, -0.1) is 0 Å². The third-order valence-electron chi connectivity index (χ3n) is 13.8. The highest BCUT2D eigenvalue weighted by Crippen LogP contribution is 2.33. The van der Waals surface area contributed by atoms with E-state index < -0.39 is 124 Å². The number of ether oxygens (including phenoxy) is 6. The summed E-state index contributed by atoms with van der Waals surface area (Å²) >= 11 is 0. The monoisotopic (exact) mass is 1060 g/mol. The van der Waals surface area contributed by atoms with Crippen molar-refractivity contribution in [3.63, 3.8) is 0 Å². The van der Waals surface area contributed by atoms with Crippen molar-refractivity contribution in [2.45, 2.75) is 266 Å². The number of allylic oxidation sites excluding steroid dienone is 7. The standard InChI is InChI=1S/C55H97NO18/c1-3-5-7-9-11-13-15-17-18-19-20-21-22-24-26-28-30-32-39(60)38(56-43(61)33-31-29-27-25-23-16-14-12-10-8-6-4-2)37-69-53-49(67)46(64)51(41(35-58)71-53)74-55-50(68)47(65)52(42(36-59)72-55)73-54-48(66)45(63)44(62)40(34-57)70-54/h12,14,18-19,22,24,30,32,38-42,44-55,57-60,62-68H,3-11,13,15-17,20-21,23,25-29,31,33-37H2,1-2H3,(H,56,61)/b14-12-,19-18+,24-22+,32-30+. The largest absolute Gasteiger partial charge is 0.394 e. The highest BCUT2D eigenvalue weighted by atomic mass is 16.8. The van der Waals surface area contributed by atoms with Crippen LogP contribution in [0.15, 0.2) is 48.6 Å². The minimum absolute atomic E-state index is 0.220. The Morgan fingerprint density at radius 1 is 0.473 bits per heavy atom. The Kier molecular flexibility index (Phi) is 34.9. The molecule has 19 nitrogen and oxygen atoms in total. The molecule has 17 unspecified atom stereocenters. The van der Waals surface area contributed by atoms with Crippen molar-refractivity contribution in [3.8, 4) is 0 Å². The lowest BCUT2D eigenvalue weighted by Gasteiger charge is -2.48. The Morgan fingerprint density at radius 3 is 1.38 bits per heavy atom. The predicted molar refractivity (Wildman–Crippen MR) is 277 cm³/mol. The summed E-state index contributed by atoms with van der Waals surface area (Å²) in [5, 5.41) is 120. The van der Waals surface area contributed by atoms with Crippen LogP contribution in [0.5, 0.6) is 0 Å². The summed E-state index contributed by atoms with van der Waals surface area (Å²) in [4.78, 5) is 13.2. The molecule has 17 atom stereocenters. The van der Waals surface area contributed by atoms with Gasteiger partial charge in [-0.05, 0) is 70.6 Å². The molecular weight excluding hydrogens is 963 g/mol. The number of rotatable bonds is 39. The molecule has 3 aliphatic heterocycles. The first kappa shape index (κ1) is 66.0. The summed E-state index contributed by atoms with van der Waals surface area (Å²) in [6.07, 6.45) is 13.9. The quantitative estimate of drug-likeness (QED) is 0.0310. The van der Waals surface area contributed by atoms with E-state index in [9.17, 15) is 61.0 Å². The number of carbonyl (C=O) groups excluding carboxylic acids is 1. The van der Waals surface area contributed by atoms with E-state index in [1.165, 1.54) is 64.2 Å². The maximum absolute atomic E-state index is 13.2. The van der Waals surface area contributed by atoms with Gasteiger partial charge in [0.1, 0.15) is 73.2 Å². The van der Waals surface area contributed by atoms with Gasteiger partial charge < -0.3 is 89.9 Å². The van der Waals surface area contributed by atoms with Crippen molar-refractivity contribution >= 4 is 5.91 Å². The number of nitrogens with one attached hydrogen (secondary N) is 1. The number of aliphatic hydroxyl groups excluding tert-OH is 11. The molecule has 1 amide bonds. The zero-order chi connectivity index (χ0) is 54.1. The molecular formula is C55H97NO18. The van der Waals surface area contributed by atoms with Crippen LogP contribution in [-0.2, 0) is 33.2 Å². The van der Waals surface area contributed by atoms with Crippen LogP contribution in [0.3, 0.4) is 0 Å². The zero-order valence-corrected chi connectivity index (χ0v) is 44.3. The van der Waals surface area contributed by atoms with Crippen molar-refractivity contribution in [1.82, 2.24) is 5.32 Å². The lowest BCUT2D eigenvalue weighted by Crippen LogP contribution is -2.66. The first-order chi connectivity index (χ1) is 35.8. The van der Waals surface area contributed by atoms with Crippen LogP contribution in [0.1, 0.15) is 162 Å². The van der Waals surface area contributed by atoms with E-state index in [4.69, 9.17) is 28.4 Å². The molecule has 430 valence electrons. The van der Waals surface area contributed by atoms with Crippen molar-refractivity contribution in [2.75, 3.05) is 26.4 Å². The van der Waals surface area contributed by atoms with Crippen molar-refractivity contribution < 1.29 is 89.4 Å². The fourth-order valence-electron chi connectivity index (χ4n) is 9.16. The van der Waals surface area contributed by atoms with Gasteiger partial charge >= 0.3 is 0 Å². The fraction of sp³-hybridized carbons (Fsp3) is 0.836. The van der Waals surface area contributed by atoms with E-state index in [2.05, 4.69) is 55.6 Å². The molecule has 74 heavy (non-hydrogen) atoms. The van der Waals surface area contributed by atoms with Gasteiger partial charge in [0.2, 0.25) is 5.91 Å². The molecule has 3 heterocycles. The Labute approximate surface area is 440 Å². The number of carbonyl (C=O) groups is 1. The number of hydrogen-bond donors (Lipinski definition) is 12. The smallest absolute Gasteiger partial charge is 0.220 e. The van der Waals surface area contributed by atoms with E-state index in [1.54, 1.807) is 6.08 Å². The normalized spacial score (nSPS) is 31.8. The Balaban J connectivity index is 1.56. The van der Waals surface area contributed by atoms with Crippen LogP contribution in [0, 0.1) is 0 Å². The summed E-state index contributed by atoms with van der Waals surface area (Å²) in [5.74, 6) is -0.303. The summed E-state index contributed by atoms with van der Waals surface area (Å²) in [6, 6.07) is -0.999. The van der Waals surface area contributed by atoms with E-state index in [1.807, 2.05) is 6.08 Å². The molecule has 0 radical (unpaired) electrons. The van der Waals surface area contributed by atoms with Crippen LogP contribution in [0.4, 0.5) is 0 Å². The topological polar surface area (TPSA) is 307 Å². The van der Waals surface area contributed by atoms with E-state index >= 15 is 0 Å². The molecule has 0 bridgehead atoms. The predicted octanol–water partition coefficient (Wildman–Crippen LogP) is 3.53. The van der Waals surface area contributed by atoms with Crippen molar-refractivity contribution in [1.29, 1.82) is 0 Å². The zero-order valence-electron chi connectivity index (χ0n) is 44.3. The average Bonchev–Trinajstić information content (AvgIpc) is 3.40. The molecule has 12 N–H and O–H groups in total. The first-order valence-corrected chi connectivity index (χ1v) is 27.9. The molecule has 0 aromatic rings. The maximum atomic E-state index is 13.2. The molecule has 3 saturated heterocycles. The summed E-state index contributed by atoms with van der Waals surface area (Å²) < 4.78 is 34.1. The summed E-state index contributed by atoms with van der Waals surface area (Å²) in [5.41, 5.74) is 0. The van der Waals surface area contributed by atoms with Gasteiger partial charge in [-0.3, -0.25) is 4.79 Å². The number of aliphatic hydroxyl groups is 11. The van der Waals surface area contributed by atoms with Crippen molar-refractivity contribution in [2.24, 2.45) is 0 Å². The lowest BCUT2D eigenvalue weighted by molar-refractivity contribution is -0.379. The lowest BCUT2D eigenvalue weighted by atomic mass is 9.96. The van der Waals surface area contributed by atoms with Crippen LogP contribution in [-0.4, -0.2) is 193 Å². The minimum atomic E-state index is -1.98. The van der Waals surface area contributed by atoms with Crippen LogP contribution in [0.25, 0.3) is 0 Å². The Bertz CT molecular complexity index is 1550. The maximum Gasteiger partial charge on any atom is 0.220 e. The van der Waals surface area contributed by atoms with Gasteiger partial charge in [0.05, 0.1) is 38.6 Å². The van der Waals surface area contributed by atoms with Crippen LogP contribution < -0.4 is 5.32 Å². The summed E-state index contributed by atoms with van der Waals surface area (Å²) in [6.45, 7) is 1.62. The molecule has 3 aliphatic rings. The van der Waals surface area contributed by atoms with Crippen molar-refractivity contribution in [3.05, 3.63) is 48.6 Å². The van der Waals surface area contributed by atoms with E-state index in [-0.39, 0.29) is 18.9 Å². The summed E-state index contributed by atoms with van der Waals surface area (Å²) in [7, 11) is 0. The molecule has 0 aromatic heterocycles. The van der Waals surface area contributed by atoms with E-state index in [0.717, 1.165) is 64.2 Å². The fourth-order valence-corrected chi connectivity index (χ4v) is 9.16. The highest BCUT2D eigenvalue weighted by molar-refractivity contribution is 5.76. The Hall–Kier alpha value is -2.25. The molecule has 19 heteroatoms. The van der Waals surface area contributed by atoms with Crippen LogP contribution >= 0.6 is 0 Å². The van der Waals surface area contributed by atoms with Gasteiger partial charge in [-0.2, -0.15) is 0 Å². The molecule has 0 saturated carbocycles. The van der Waals surface area contributed by atoms with Gasteiger partial charge in [0, 0.05) is 6.42 Å². The third kappa shape index (κ3) is 23.8. The Morgan fingerprint density at radius 2 is 0.865 bits per heavy atom.